The summed E-state index contributed by atoms with van der Waals surface area (Å²) in [6, 6.07) is 1.68. The van der Waals surface area contributed by atoms with Crippen LogP contribution in [0, 0.1) is 5.92 Å². The maximum Gasteiger partial charge on any atom is 0.253 e. The van der Waals surface area contributed by atoms with Gasteiger partial charge in [0.15, 0.2) is 0 Å². The van der Waals surface area contributed by atoms with Crippen molar-refractivity contribution < 1.29 is 9.90 Å². The molecule has 5 heteroatoms. The third-order valence-corrected chi connectivity index (χ3v) is 4.88. The van der Waals surface area contributed by atoms with Gasteiger partial charge in [-0.2, -0.15) is 0 Å². The van der Waals surface area contributed by atoms with Crippen molar-refractivity contribution in [3.05, 3.63) is 28.5 Å². The summed E-state index contributed by atoms with van der Waals surface area (Å²) in [5.41, 5.74) is -0.00397. The molecule has 1 amide bonds. The van der Waals surface area contributed by atoms with E-state index in [0.717, 1.165) is 12.8 Å². The summed E-state index contributed by atoms with van der Waals surface area (Å²) in [5.74, 6) is 0.173. The molecule has 1 saturated carbocycles. The highest BCUT2D eigenvalue weighted by Gasteiger charge is 2.36. The minimum Gasteiger partial charge on any atom is -0.394 e. The number of nitrogens with zero attached hydrogens (tertiary/aromatic N) is 1. The summed E-state index contributed by atoms with van der Waals surface area (Å²) in [6.07, 6.45) is 8.93. The zero-order chi connectivity index (χ0) is 14.6. The summed E-state index contributed by atoms with van der Waals surface area (Å²) in [7, 11) is 0. The van der Waals surface area contributed by atoms with E-state index < -0.39 is 5.54 Å². The lowest BCUT2D eigenvalue weighted by Crippen LogP contribution is -2.54. The number of amides is 1. The molecule has 2 rings (SSSR count). The van der Waals surface area contributed by atoms with Gasteiger partial charge in [-0.3, -0.25) is 9.78 Å². The Bertz CT molecular complexity index is 475. The maximum absolute atomic E-state index is 12.4. The van der Waals surface area contributed by atoms with Gasteiger partial charge in [0, 0.05) is 16.9 Å². The summed E-state index contributed by atoms with van der Waals surface area (Å²) in [4.78, 5) is 16.4. The summed E-state index contributed by atoms with van der Waals surface area (Å²) in [6.45, 7) is 1.90. The first kappa shape index (κ1) is 15.4. The Labute approximate surface area is 128 Å². The highest BCUT2D eigenvalue weighted by Crippen LogP contribution is 2.32. The summed E-state index contributed by atoms with van der Waals surface area (Å²) >= 11 is 3.34. The highest BCUT2D eigenvalue weighted by atomic mass is 79.9. The van der Waals surface area contributed by atoms with Crippen LogP contribution in [0.1, 0.15) is 49.4 Å². The van der Waals surface area contributed by atoms with Crippen molar-refractivity contribution in [3.63, 3.8) is 0 Å². The Morgan fingerprint density at radius 1 is 1.50 bits per heavy atom. The number of carbonyl (C=O) groups is 1. The van der Waals surface area contributed by atoms with Gasteiger partial charge < -0.3 is 10.4 Å². The average Bonchev–Trinajstić information content (AvgIpc) is 2.48. The van der Waals surface area contributed by atoms with Crippen LogP contribution in [0.5, 0.6) is 0 Å². The molecule has 4 nitrogen and oxygen atoms in total. The van der Waals surface area contributed by atoms with Gasteiger partial charge >= 0.3 is 0 Å². The number of hydrogen-bond donors (Lipinski definition) is 2. The quantitative estimate of drug-likeness (QED) is 0.885. The molecule has 0 aromatic carbocycles. The third-order valence-electron chi connectivity index (χ3n) is 4.25. The lowest BCUT2D eigenvalue weighted by Gasteiger charge is -2.39. The van der Waals surface area contributed by atoms with E-state index >= 15 is 0 Å². The molecule has 1 aromatic rings. The second-order valence-corrected chi connectivity index (χ2v) is 6.57. The second-order valence-electron chi connectivity index (χ2n) is 5.72. The zero-order valence-corrected chi connectivity index (χ0v) is 13.3. The molecule has 0 radical (unpaired) electrons. The molecule has 1 aliphatic carbocycles. The largest absolute Gasteiger partial charge is 0.394 e. The Hall–Kier alpha value is -0.940. The summed E-state index contributed by atoms with van der Waals surface area (Å²) < 4.78 is 0.668. The average molecular weight is 341 g/mol. The third kappa shape index (κ3) is 3.38. The highest BCUT2D eigenvalue weighted by molar-refractivity contribution is 9.10. The molecular formula is C15H21BrN2O2. The molecule has 0 saturated heterocycles. The fourth-order valence-electron chi connectivity index (χ4n) is 2.90. The molecule has 1 unspecified atom stereocenters. The molecule has 2 N–H and O–H groups in total. The van der Waals surface area contributed by atoms with Crippen molar-refractivity contribution in [3.8, 4) is 0 Å². The predicted molar refractivity (Wildman–Crippen MR) is 81.5 cm³/mol. The van der Waals surface area contributed by atoms with Crippen molar-refractivity contribution >= 4 is 21.8 Å². The first-order chi connectivity index (χ1) is 9.57. The molecule has 20 heavy (non-hydrogen) atoms. The molecule has 0 spiro atoms. The van der Waals surface area contributed by atoms with E-state index in [4.69, 9.17) is 0 Å². The number of halogens is 1. The van der Waals surface area contributed by atoms with Gasteiger partial charge in [-0.15, -0.1) is 0 Å². The van der Waals surface area contributed by atoms with E-state index in [2.05, 4.69) is 26.2 Å². The molecule has 1 aromatic heterocycles. The monoisotopic (exact) mass is 340 g/mol. The van der Waals surface area contributed by atoms with E-state index in [1.807, 2.05) is 6.92 Å². The lowest BCUT2D eigenvalue weighted by molar-refractivity contribution is 0.0679. The van der Waals surface area contributed by atoms with Crippen LogP contribution in [0.15, 0.2) is 22.9 Å². The fourth-order valence-corrected chi connectivity index (χ4v) is 3.33. The Balaban J connectivity index is 2.13. The van der Waals surface area contributed by atoms with Crippen molar-refractivity contribution in [1.29, 1.82) is 0 Å². The van der Waals surface area contributed by atoms with Crippen molar-refractivity contribution in [1.82, 2.24) is 10.3 Å². The number of aromatic nitrogens is 1. The van der Waals surface area contributed by atoms with Crippen LogP contribution < -0.4 is 5.32 Å². The Kier molecular flexibility index (Phi) is 5.16. The van der Waals surface area contributed by atoms with Crippen molar-refractivity contribution in [2.45, 2.75) is 44.6 Å². The zero-order valence-electron chi connectivity index (χ0n) is 11.7. The van der Waals surface area contributed by atoms with Gasteiger partial charge in [0.25, 0.3) is 5.91 Å². The number of hydrogen-bond acceptors (Lipinski definition) is 3. The van der Waals surface area contributed by atoms with Crippen LogP contribution in [0.25, 0.3) is 0 Å². The number of carbonyl (C=O) groups excluding carboxylic acids is 1. The van der Waals surface area contributed by atoms with Crippen LogP contribution in [0.3, 0.4) is 0 Å². The number of nitrogens with one attached hydrogen (secondary N) is 1. The fraction of sp³-hybridized carbons (Fsp3) is 0.600. The lowest BCUT2D eigenvalue weighted by atomic mass is 9.76. The molecule has 0 aliphatic heterocycles. The Morgan fingerprint density at radius 2 is 2.20 bits per heavy atom. The van der Waals surface area contributed by atoms with Gasteiger partial charge in [-0.1, -0.05) is 19.3 Å². The molecular weight excluding hydrogens is 320 g/mol. The van der Waals surface area contributed by atoms with Crippen LogP contribution in [0.4, 0.5) is 0 Å². The minimum absolute atomic E-state index is 0.0356. The standard InChI is InChI=1S/C15H21BrN2O2/c1-15(10-19,11-5-3-2-4-6-11)18-14(20)12-7-8-17-9-13(12)16/h7-9,11,19H,2-6,10H2,1H3,(H,18,20). The van der Waals surface area contributed by atoms with Crippen molar-refractivity contribution in [2.75, 3.05) is 6.61 Å². The smallest absolute Gasteiger partial charge is 0.253 e. The Morgan fingerprint density at radius 3 is 2.80 bits per heavy atom. The normalized spacial score (nSPS) is 19.4. The van der Waals surface area contributed by atoms with E-state index in [1.165, 1.54) is 19.3 Å². The van der Waals surface area contributed by atoms with Crippen LogP contribution in [0.2, 0.25) is 0 Å². The predicted octanol–water partition coefficient (Wildman–Crippen LogP) is 2.91. The SMILES string of the molecule is CC(CO)(NC(=O)c1ccncc1Br)C1CCCCC1. The van der Waals surface area contributed by atoms with Gasteiger partial charge in [0.2, 0.25) is 0 Å². The summed E-state index contributed by atoms with van der Waals surface area (Å²) in [5, 5.41) is 12.8. The van der Waals surface area contributed by atoms with E-state index in [9.17, 15) is 9.90 Å². The second kappa shape index (κ2) is 6.68. The number of aliphatic hydroxyl groups excluding tert-OH is 1. The number of pyridine rings is 1. The van der Waals surface area contributed by atoms with Crippen molar-refractivity contribution in [2.24, 2.45) is 5.92 Å². The maximum atomic E-state index is 12.4. The van der Waals surface area contributed by atoms with Gasteiger partial charge in [0.1, 0.15) is 0 Å². The van der Waals surface area contributed by atoms with Gasteiger partial charge in [-0.25, -0.2) is 0 Å². The first-order valence-corrected chi connectivity index (χ1v) is 7.89. The molecule has 1 aliphatic rings. The minimum atomic E-state index is -0.555. The molecule has 1 atom stereocenters. The topological polar surface area (TPSA) is 62.2 Å². The van der Waals surface area contributed by atoms with E-state index in [1.54, 1.807) is 18.5 Å². The number of aliphatic hydroxyl groups is 1. The van der Waals surface area contributed by atoms with Crippen LogP contribution >= 0.6 is 15.9 Å². The van der Waals surface area contributed by atoms with Crippen LogP contribution in [-0.2, 0) is 0 Å². The molecule has 0 bridgehead atoms. The van der Waals surface area contributed by atoms with E-state index in [-0.39, 0.29) is 12.5 Å². The molecule has 1 heterocycles. The molecule has 110 valence electrons. The molecule has 1 fully saturated rings. The van der Waals surface area contributed by atoms with Crippen LogP contribution in [-0.4, -0.2) is 28.1 Å². The van der Waals surface area contributed by atoms with Gasteiger partial charge in [0.05, 0.1) is 17.7 Å². The van der Waals surface area contributed by atoms with E-state index in [0.29, 0.717) is 16.0 Å². The van der Waals surface area contributed by atoms with Gasteiger partial charge in [-0.05, 0) is 47.7 Å². The number of rotatable bonds is 4. The first-order valence-electron chi connectivity index (χ1n) is 7.10.